The Morgan fingerprint density at radius 2 is 1.25 bits per heavy atom. The van der Waals surface area contributed by atoms with E-state index >= 15 is 0 Å². The average Bonchev–Trinajstić information content (AvgIpc) is 1.00. The van der Waals surface area contributed by atoms with Crippen molar-refractivity contribution in [3.8, 4) is 0 Å². The maximum Gasteiger partial charge on any atom is 0.0957 e. The van der Waals surface area contributed by atoms with E-state index in [0.717, 1.165) is 0 Å². The Hall–Kier alpha value is 1.86. The van der Waals surface area contributed by atoms with Crippen molar-refractivity contribution in [2.24, 2.45) is 0 Å². The molecule has 1 N–H and O–H groups in total. The second-order valence-electron chi connectivity index (χ2n) is 0. The molecule has 0 aromatic rings. The zero-order valence-electron chi connectivity index (χ0n) is 1.90. The van der Waals surface area contributed by atoms with Gasteiger partial charge in [-0.15, -0.1) is 0 Å². The Balaban J connectivity index is -0.00000000500. The third-order valence-electron chi connectivity index (χ3n) is 0. The van der Waals surface area contributed by atoms with Crippen molar-refractivity contribution >= 4 is 33.6 Å². The van der Waals surface area contributed by atoms with E-state index in [9.17, 15) is 0 Å². The van der Waals surface area contributed by atoms with Crippen LogP contribution in [-0.4, -0.2) is 21.6 Å². The summed E-state index contributed by atoms with van der Waals surface area (Å²) in [5.41, 5.74) is 0. The number of hydrogen-bond acceptors (Lipinski definition) is 1. The number of rotatable bonds is 0. The molecule has 0 fully saturated rings. The maximum atomic E-state index is 6.81. The predicted octanol–water partition coefficient (Wildman–Crippen LogP) is -0.0947. The average molecular weight is 215 g/mol. The van der Waals surface area contributed by atoms with E-state index < -0.39 is 0 Å². The fourth-order valence-electron chi connectivity index (χ4n) is 0. The first-order valence-corrected chi connectivity index (χ1v) is 0.878. The third kappa shape index (κ3) is 9.13. The van der Waals surface area contributed by atoms with Gasteiger partial charge in [0.15, 0.2) is 0 Å². The molecule has 0 aliphatic carbocycles. The first-order valence-electron chi connectivity index (χ1n) is 0.169. The fourth-order valence-corrected chi connectivity index (χ4v) is 0. The van der Waals surface area contributed by atoms with Crippen molar-refractivity contribution in [3.05, 3.63) is 0 Å². The summed E-state index contributed by atoms with van der Waals surface area (Å²) in [5, 5.41) is 0. The standard InChI is InChI=1S/Al.BrHO.Zr/c;1-2;/h;2H;. The molecule has 0 bridgehead atoms. The molecule has 0 aliphatic heterocycles. The molecule has 0 unspecified atom stereocenters. The van der Waals surface area contributed by atoms with E-state index in [-0.39, 0.29) is 43.6 Å². The molecule has 4 heteroatoms. The summed E-state index contributed by atoms with van der Waals surface area (Å²) in [4.78, 5) is 0. The van der Waals surface area contributed by atoms with Gasteiger partial charge in [0.05, 0.1) is 16.3 Å². The van der Waals surface area contributed by atoms with E-state index in [2.05, 4.69) is 0 Å². The molecular formula is HAlBrOZr. The van der Waals surface area contributed by atoms with Gasteiger partial charge in [0, 0.05) is 43.6 Å². The van der Waals surface area contributed by atoms with Crippen molar-refractivity contribution in [2.45, 2.75) is 0 Å². The molecule has 0 aromatic carbocycles. The van der Waals surface area contributed by atoms with Crippen LogP contribution in [0.3, 0.4) is 0 Å². The molecule has 0 aliphatic rings. The summed E-state index contributed by atoms with van der Waals surface area (Å²) in [5.74, 6) is 0. The summed E-state index contributed by atoms with van der Waals surface area (Å²) in [6.45, 7) is 0. The van der Waals surface area contributed by atoms with Crippen LogP contribution in [0.15, 0.2) is 0 Å². The monoisotopic (exact) mass is 213 g/mol. The molecule has 4 heavy (non-hydrogen) atoms. The van der Waals surface area contributed by atoms with E-state index in [4.69, 9.17) is 4.20 Å². The van der Waals surface area contributed by atoms with Gasteiger partial charge in [0.25, 0.3) is 0 Å². The van der Waals surface area contributed by atoms with Crippen LogP contribution >= 0.6 is 16.3 Å². The maximum absolute atomic E-state index is 6.81. The Bertz CT molecular complexity index is 8.00. The molecule has 0 saturated carbocycles. The smallest absolute Gasteiger partial charge is 0.0957 e. The fraction of sp³-hybridized carbons (Fsp3) is 0. The van der Waals surface area contributed by atoms with Crippen molar-refractivity contribution < 1.29 is 30.4 Å². The van der Waals surface area contributed by atoms with Gasteiger partial charge in [0.1, 0.15) is 0 Å². The Labute approximate surface area is 63.5 Å². The first-order chi connectivity index (χ1) is 1.00. The van der Waals surface area contributed by atoms with Crippen molar-refractivity contribution in [1.82, 2.24) is 0 Å². The molecule has 0 spiro atoms. The molecule has 0 rings (SSSR count). The molecule has 0 saturated heterocycles. The van der Waals surface area contributed by atoms with Gasteiger partial charge in [-0.25, -0.2) is 0 Å². The zero-order valence-corrected chi connectivity index (χ0v) is 7.10. The molecule has 0 heterocycles. The molecular weight excluding hydrogens is 214 g/mol. The van der Waals surface area contributed by atoms with E-state index in [1.165, 1.54) is 0 Å². The van der Waals surface area contributed by atoms with Crippen molar-refractivity contribution in [2.75, 3.05) is 0 Å². The molecule has 0 aromatic heterocycles. The van der Waals surface area contributed by atoms with Gasteiger partial charge >= 0.3 is 0 Å². The van der Waals surface area contributed by atoms with Gasteiger partial charge in [-0.2, -0.15) is 0 Å². The van der Waals surface area contributed by atoms with Gasteiger partial charge in [0.2, 0.25) is 0 Å². The minimum absolute atomic E-state index is 0. The molecule has 21 valence electrons. The number of halogens is 1. The summed E-state index contributed by atoms with van der Waals surface area (Å²) in [7, 11) is 0. The Kier molecular flexibility index (Phi) is 88.7. The van der Waals surface area contributed by atoms with Crippen LogP contribution in [0.25, 0.3) is 0 Å². The predicted molar refractivity (Wildman–Crippen MR) is 16.9 cm³/mol. The quantitative estimate of drug-likeness (QED) is 0.560. The van der Waals surface area contributed by atoms with E-state index in [1.54, 1.807) is 0 Å². The SMILES string of the molecule is OBr.[Al].[Zr]. The second-order valence-corrected chi connectivity index (χ2v) is 0. The zero-order chi connectivity index (χ0) is 2.00. The normalized spacial score (nSPS) is 1.50. The van der Waals surface area contributed by atoms with E-state index in [0.29, 0.717) is 0 Å². The van der Waals surface area contributed by atoms with Crippen LogP contribution in [0.4, 0.5) is 0 Å². The molecule has 1 nitrogen and oxygen atoms in total. The summed E-state index contributed by atoms with van der Waals surface area (Å²) < 4.78 is 6.81. The first kappa shape index (κ1) is 16.9. The molecule has 3 radical (unpaired) electrons. The Morgan fingerprint density at radius 3 is 1.25 bits per heavy atom. The largest absolute Gasteiger partial charge is 0.324 e. The third-order valence-corrected chi connectivity index (χ3v) is 0. The van der Waals surface area contributed by atoms with Crippen LogP contribution in [0, 0.1) is 0 Å². The van der Waals surface area contributed by atoms with Crippen LogP contribution < -0.4 is 0 Å². The van der Waals surface area contributed by atoms with Gasteiger partial charge in [-0.05, 0) is 0 Å². The van der Waals surface area contributed by atoms with Crippen LogP contribution in [0.5, 0.6) is 0 Å². The van der Waals surface area contributed by atoms with Crippen LogP contribution in [-0.2, 0) is 26.2 Å². The minimum Gasteiger partial charge on any atom is -0.324 e. The summed E-state index contributed by atoms with van der Waals surface area (Å²) in [6.07, 6.45) is 0. The van der Waals surface area contributed by atoms with Gasteiger partial charge in [-0.1, -0.05) is 0 Å². The van der Waals surface area contributed by atoms with Crippen molar-refractivity contribution in [3.63, 3.8) is 0 Å². The van der Waals surface area contributed by atoms with Crippen LogP contribution in [0.1, 0.15) is 0 Å². The number of hydrogen-bond donors (Lipinski definition) is 1. The minimum atomic E-state index is 0. The summed E-state index contributed by atoms with van der Waals surface area (Å²) >= 11 is 1.94. The van der Waals surface area contributed by atoms with Gasteiger partial charge in [-0.3, -0.25) is 0 Å². The van der Waals surface area contributed by atoms with E-state index in [1.807, 2.05) is 16.3 Å². The Morgan fingerprint density at radius 1 is 1.25 bits per heavy atom. The summed E-state index contributed by atoms with van der Waals surface area (Å²) in [6, 6.07) is 0. The van der Waals surface area contributed by atoms with Crippen molar-refractivity contribution in [1.29, 1.82) is 0 Å². The van der Waals surface area contributed by atoms with Crippen LogP contribution in [0.2, 0.25) is 0 Å². The molecule has 0 atom stereocenters. The van der Waals surface area contributed by atoms with Gasteiger partial charge < -0.3 is 4.20 Å². The second kappa shape index (κ2) is 21.0. The topological polar surface area (TPSA) is 20.2 Å². The molecule has 0 amide bonds.